The first-order valence-electron chi connectivity index (χ1n) is 7.16. The second-order valence-electron chi connectivity index (χ2n) is 4.85. The van der Waals surface area contributed by atoms with Crippen molar-refractivity contribution in [1.29, 1.82) is 0 Å². The van der Waals surface area contributed by atoms with Crippen molar-refractivity contribution in [3.8, 4) is 0 Å². The van der Waals surface area contributed by atoms with Crippen LogP contribution in [0.15, 0.2) is 54.6 Å². The van der Waals surface area contributed by atoms with Crippen LogP contribution < -0.4 is 5.32 Å². The van der Waals surface area contributed by atoms with E-state index in [4.69, 9.17) is 23.8 Å². The van der Waals surface area contributed by atoms with E-state index in [0.29, 0.717) is 15.6 Å². The number of aliphatic hydroxyl groups is 1. The van der Waals surface area contributed by atoms with Crippen LogP contribution in [0.25, 0.3) is 11.3 Å². The van der Waals surface area contributed by atoms with Crippen LogP contribution in [0.4, 0.5) is 0 Å². The summed E-state index contributed by atoms with van der Waals surface area (Å²) in [6.07, 6.45) is 0.958. The molecule has 22 heavy (non-hydrogen) atoms. The van der Waals surface area contributed by atoms with Gasteiger partial charge in [-0.3, -0.25) is 0 Å². The molecule has 0 heterocycles. The lowest BCUT2D eigenvalue weighted by Gasteiger charge is -2.14. The Bertz CT molecular complexity index is 665. The summed E-state index contributed by atoms with van der Waals surface area (Å²) in [5.41, 5.74) is 2.18. The van der Waals surface area contributed by atoms with Gasteiger partial charge in [0.1, 0.15) is 10.7 Å². The monoisotopic (exact) mass is 331 g/mol. The third kappa shape index (κ3) is 4.09. The Balaban J connectivity index is 2.49. The highest BCUT2D eigenvalue weighted by molar-refractivity contribution is 7.81. The van der Waals surface area contributed by atoms with Crippen molar-refractivity contribution in [2.45, 2.75) is 13.3 Å². The van der Waals surface area contributed by atoms with Crippen LogP contribution in [0.1, 0.15) is 24.5 Å². The molecule has 2 nitrogen and oxygen atoms in total. The highest BCUT2D eigenvalue weighted by Gasteiger charge is 2.15. The predicted molar refractivity (Wildman–Crippen MR) is 98.2 cm³/mol. The lowest BCUT2D eigenvalue weighted by atomic mass is 10.0. The van der Waals surface area contributed by atoms with Crippen molar-refractivity contribution in [2.75, 3.05) is 6.54 Å². The van der Waals surface area contributed by atoms with E-state index in [9.17, 15) is 5.11 Å². The van der Waals surface area contributed by atoms with Gasteiger partial charge in [-0.1, -0.05) is 73.2 Å². The summed E-state index contributed by atoms with van der Waals surface area (Å²) in [6, 6.07) is 16.7. The van der Waals surface area contributed by atoms with Gasteiger partial charge in [0, 0.05) is 17.1 Å². The average Bonchev–Trinajstić information content (AvgIpc) is 2.55. The molecule has 0 saturated carbocycles. The van der Waals surface area contributed by atoms with Crippen molar-refractivity contribution in [3.63, 3.8) is 0 Å². The topological polar surface area (TPSA) is 32.3 Å². The van der Waals surface area contributed by atoms with Crippen LogP contribution in [0.2, 0.25) is 5.02 Å². The van der Waals surface area contributed by atoms with Gasteiger partial charge in [0.05, 0.1) is 5.57 Å². The molecule has 2 N–H and O–H groups in total. The first-order chi connectivity index (χ1) is 10.6. The van der Waals surface area contributed by atoms with Gasteiger partial charge in [-0.2, -0.15) is 0 Å². The third-order valence-electron chi connectivity index (χ3n) is 3.18. The summed E-state index contributed by atoms with van der Waals surface area (Å²) < 4.78 is 0. The Kier molecular flexibility index (Phi) is 5.99. The molecule has 0 atom stereocenters. The normalized spacial score (nSPS) is 11.7. The van der Waals surface area contributed by atoms with Gasteiger partial charge in [0.25, 0.3) is 0 Å². The molecule has 4 heteroatoms. The van der Waals surface area contributed by atoms with E-state index < -0.39 is 0 Å². The fraction of sp³-hybridized carbons (Fsp3) is 0.167. The number of hydrogen-bond donors (Lipinski definition) is 2. The average molecular weight is 332 g/mol. The molecule has 0 aliphatic carbocycles. The van der Waals surface area contributed by atoms with Crippen molar-refractivity contribution < 1.29 is 5.11 Å². The molecule has 0 fully saturated rings. The first-order valence-corrected chi connectivity index (χ1v) is 7.95. The third-order valence-corrected chi connectivity index (χ3v) is 3.78. The Morgan fingerprint density at radius 3 is 2.27 bits per heavy atom. The standard InChI is InChI=1S/C18H18ClNOS/c1-2-12-20-18(22)16(13-8-10-15(19)11-9-13)17(21)14-6-4-3-5-7-14/h3-11,21H,2,12H2,1H3,(H,20,22)/b17-16-. The van der Waals surface area contributed by atoms with Crippen LogP contribution in [0, 0.1) is 0 Å². The second-order valence-corrected chi connectivity index (χ2v) is 5.70. The van der Waals surface area contributed by atoms with E-state index in [0.717, 1.165) is 24.1 Å². The minimum atomic E-state index is 0.163. The van der Waals surface area contributed by atoms with Gasteiger partial charge >= 0.3 is 0 Å². The van der Waals surface area contributed by atoms with Gasteiger partial charge in [-0.05, 0) is 24.1 Å². The van der Waals surface area contributed by atoms with Gasteiger partial charge in [-0.15, -0.1) is 0 Å². The minimum absolute atomic E-state index is 0.163. The Morgan fingerprint density at radius 2 is 1.68 bits per heavy atom. The molecule has 2 rings (SSSR count). The maximum absolute atomic E-state index is 10.7. The number of aliphatic hydroxyl groups excluding tert-OH is 1. The summed E-state index contributed by atoms with van der Waals surface area (Å²) >= 11 is 11.4. The zero-order valence-electron chi connectivity index (χ0n) is 12.3. The number of benzene rings is 2. The van der Waals surface area contributed by atoms with Crippen molar-refractivity contribution in [1.82, 2.24) is 5.32 Å². The molecular formula is C18H18ClNOS. The van der Waals surface area contributed by atoms with Crippen LogP contribution in [-0.4, -0.2) is 16.6 Å². The number of nitrogens with one attached hydrogen (secondary N) is 1. The number of hydrogen-bond acceptors (Lipinski definition) is 2. The fourth-order valence-electron chi connectivity index (χ4n) is 2.06. The summed E-state index contributed by atoms with van der Waals surface area (Å²) in [4.78, 5) is 0.533. The lowest BCUT2D eigenvalue weighted by Crippen LogP contribution is -2.24. The second kappa shape index (κ2) is 7.97. The maximum Gasteiger partial charge on any atom is 0.133 e. The number of rotatable bonds is 5. The molecule has 0 spiro atoms. The molecule has 2 aromatic rings. The molecular weight excluding hydrogens is 314 g/mol. The zero-order valence-corrected chi connectivity index (χ0v) is 13.9. The molecule has 0 radical (unpaired) electrons. The lowest BCUT2D eigenvalue weighted by molar-refractivity contribution is 0.514. The van der Waals surface area contributed by atoms with E-state index in [1.807, 2.05) is 42.5 Å². The Morgan fingerprint density at radius 1 is 1.05 bits per heavy atom. The zero-order chi connectivity index (χ0) is 15.9. The van der Waals surface area contributed by atoms with Crippen LogP contribution in [-0.2, 0) is 0 Å². The van der Waals surface area contributed by atoms with E-state index in [-0.39, 0.29) is 5.76 Å². The fourth-order valence-corrected chi connectivity index (χ4v) is 2.50. The highest BCUT2D eigenvalue weighted by atomic mass is 35.5. The molecule has 114 valence electrons. The van der Waals surface area contributed by atoms with Crippen LogP contribution in [0.5, 0.6) is 0 Å². The summed E-state index contributed by atoms with van der Waals surface area (Å²) in [5, 5.41) is 14.5. The van der Waals surface area contributed by atoms with Gasteiger partial charge in [0.2, 0.25) is 0 Å². The largest absolute Gasteiger partial charge is 0.507 e. The molecule has 0 bridgehead atoms. The Labute approximate surface area is 141 Å². The Hall–Kier alpha value is -1.84. The van der Waals surface area contributed by atoms with E-state index in [2.05, 4.69) is 12.2 Å². The summed E-state index contributed by atoms with van der Waals surface area (Å²) in [7, 11) is 0. The van der Waals surface area contributed by atoms with Gasteiger partial charge in [-0.25, -0.2) is 0 Å². The minimum Gasteiger partial charge on any atom is -0.507 e. The van der Waals surface area contributed by atoms with Gasteiger partial charge < -0.3 is 10.4 Å². The molecule has 0 aliphatic rings. The van der Waals surface area contributed by atoms with Crippen molar-refractivity contribution in [2.24, 2.45) is 0 Å². The number of thiocarbonyl (C=S) groups is 1. The maximum atomic E-state index is 10.7. The first kappa shape index (κ1) is 16.5. The van der Waals surface area contributed by atoms with Crippen molar-refractivity contribution in [3.05, 3.63) is 70.7 Å². The van der Waals surface area contributed by atoms with Crippen LogP contribution >= 0.6 is 23.8 Å². The van der Waals surface area contributed by atoms with E-state index >= 15 is 0 Å². The quantitative estimate of drug-likeness (QED) is 0.346. The van der Waals surface area contributed by atoms with Crippen molar-refractivity contribution >= 4 is 40.1 Å². The smallest absolute Gasteiger partial charge is 0.133 e. The summed E-state index contributed by atoms with van der Waals surface area (Å²) in [6.45, 7) is 2.83. The molecule has 0 amide bonds. The predicted octanol–water partition coefficient (Wildman–Crippen LogP) is 5.09. The highest BCUT2D eigenvalue weighted by Crippen LogP contribution is 2.26. The molecule has 0 aliphatic heterocycles. The SMILES string of the molecule is CCCNC(=S)/C(=C(\O)c1ccccc1)c1ccc(Cl)cc1. The van der Waals surface area contributed by atoms with E-state index in [1.165, 1.54) is 0 Å². The van der Waals surface area contributed by atoms with Crippen LogP contribution in [0.3, 0.4) is 0 Å². The molecule has 2 aromatic carbocycles. The molecule has 0 saturated heterocycles. The summed E-state index contributed by atoms with van der Waals surface area (Å²) in [5.74, 6) is 0.163. The van der Waals surface area contributed by atoms with E-state index in [1.54, 1.807) is 12.1 Å². The molecule has 0 aromatic heterocycles. The molecule has 0 unspecified atom stereocenters. The van der Waals surface area contributed by atoms with Gasteiger partial charge in [0.15, 0.2) is 0 Å². The number of halogens is 1.